The average molecular weight is 1310 g/mol. The Morgan fingerprint density at radius 2 is 0.410 bits per heavy atom. The lowest BCUT2D eigenvalue weighted by atomic mass is 9.99. The first-order valence-electron chi connectivity index (χ1n) is 34.2. The van der Waals surface area contributed by atoms with Crippen LogP contribution in [0.5, 0.6) is 0 Å². The monoisotopic (exact) mass is 1310 g/mol. The van der Waals surface area contributed by atoms with Crippen LogP contribution in [0.3, 0.4) is 0 Å². The fourth-order valence-corrected chi connectivity index (χ4v) is 25.6. The number of hydrogen-bond donors (Lipinski definition) is 0. The third-order valence-corrected chi connectivity index (χ3v) is 29.7. The van der Waals surface area contributed by atoms with Gasteiger partial charge < -0.3 is 0 Å². The molecule has 0 spiro atoms. The van der Waals surface area contributed by atoms with E-state index < -0.39 is 16.1 Å². The number of nitrogens with zero attached hydrogens (tertiary/aromatic N) is 5. The molecule has 18 aromatic rings. The lowest BCUT2D eigenvalue weighted by molar-refractivity contribution is 0.893. The minimum absolute atomic E-state index is 0.520. The number of para-hydroxylation sites is 4. The maximum Gasteiger partial charge on any atom is 0.240 e. The van der Waals surface area contributed by atoms with E-state index in [0.29, 0.717) is 17.7 Å². The van der Waals surface area contributed by atoms with Gasteiger partial charge in [-0.3, -0.25) is 9.13 Å². The van der Waals surface area contributed by atoms with Crippen LogP contribution in [0, 0.1) is 0 Å². The summed E-state index contributed by atoms with van der Waals surface area (Å²) in [5.41, 5.74) is 14.2. The first-order chi connectivity index (χ1) is 49.6. The lowest BCUT2D eigenvalue weighted by Gasteiger charge is -2.38. The van der Waals surface area contributed by atoms with E-state index in [4.69, 9.17) is 15.0 Å². The molecule has 470 valence electrons. The zero-order valence-electron chi connectivity index (χ0n) is 54.8. The minimum atomic E-state index is -3.56. The van der Waals surface area contributed by atoms with Crippen molar-refractivity contribution in [2.45, 2.75) is 0 Å². The predicted octanol–water partition coefficient (Wildman–Crippen LogP) is 17.2. The molecule has 0 radical (unpaired) electrons. The van der Waals surface area contributed by atoms with E-state index in [1.807, 2.05) is 0 Å². The highest BCUT2D eigenvalue weighted by atomic mass is 28.3. The second kappa shape index (κ2) is 25.4. The number of aromatic nitrogens is 5. The van der Waals surface area contributed by atoms with Gasteiger partial charge in [0.25, 0.3) is 0 Å². The minimum Gasteiger partial charge on any atom is -0.278 e. The summed E-state index contributed by atoms with van der Waals surface area (Å²) in [6.45, 7) is 0. The molecule has 0 fully saturated rings. The molecule has 5 nitrogen and oxygen atoms in total. The molecule has 100 heavy (non-hydrogen) atoms. The van der Waals surface area contributed by atoms with Crippen molar-refractivity contribution in [3.05, 3.63) is 394 Å². The molecule has 7 heteroatoms. The van der Waals surface area contributed by atoms with E-state index in [1.165, 1.54) is 63.7 Å². The summed E-state index contributed by atoms with van der Waals surface area (Å²) in [5.74, 6) is 1.59. The number of fused-ring (bicyclic) bond motifs is 6. The van der Waals surface area contributed by atoms with Gasteiger partial charge in [0.15, 0.2) is 22.0 Å². The second-order valence-electron chi connectivity index (χ2n) is 25.8. The molecule has 0 unspecified atom stereocenters. The standard InChI is InChI=1S/C93H65N5Si2/c1-7-31-66(32-8-1)68-35-27-37-70(59-68)72-39-29-49-79(61-72)99(75-41-11-3-12-42-75,76-43-13-4-14-44-76)81-63-74(91-94-92(97-87-55-23-19-51-83(87)84-52-20-24-56-88(84)97)96-93(95-91)98-89-57-25-21-53-85(89)86-54-22-26-58-90(86)98)64-82(65-81)100(77-45-15-5-16-46-77,78-47-17-6-18-48-78)80-50-30-40-73(62-80)71-38-28-36-69(60-71)67-33-9-2-10-34-67/h1-65H. The Hall–Kier alpha value is -12.7. The van der Waals surface area contributed by atoms with Crippen LogP contribution in [0.25, 0.3) is 111 Å². The smallest absolute Gasteiger partial charge is 0.240 e. The van der Waals surface area contributed by atoms with Crippen LogP contribution in [-0.4, -0.2) is 40.2 Å². The Bertz CT molecular complexity index is 5490. The van der Waals surface area contributed by atoms with Crippen LogP contribution in [0.1, 0.15) is 0 Å². The summed E-state index contributed by atoms with van der Waals surface area (Å²) in [4.78, 5) is 17.6. The highest BCUT2D eigenvalue weighted by Crippen LogP contribution is 2.36. The fourth-order valence-electron chi connectivity index (χ4n) is 15.8. The summed E-state index contributed by atoms with van der Waals surface area (Å²) in [6, 6.07) is 146. The van der Waals surface area contributed by atoms with Crippen LogP contribution in [0.15, 0.2) is 394 Å². The first kappa shape index (κ1) is 59.8. The van der Waals surface area contributed by atoms with Crippen molar-refractivity contribution in [3.8, 4) is 67.8 Å². The molecule has 0 amide bonds. The molecule has 0 aliphatic carbocycles. The molecule has 0 atom stereocenters. The molecule has 0 bridgehead atoms. The van der Waals surface area contributed by atoms with Crippen LogP contribution < -0.4 is 41.5 Å². The zero-order chi connectivity index (χ0) is 66.4. The summed E-state index contributed by atoms with van der Waals surface area (Å²) < 4.78 is 4.49. The third-order valence-electron chi connectivity index (χ3n) is 20.3. The lowest BCUT2D eigenvalue weighted by Crippen LogP contribution is -2.78. The highest BCUT2D eigenvalue weighted by molar-refractivity contribution is 7.22. The molecule has 15 aromatic carbocycles. The molecule has 0 aliphatic heterocycles. The SMILES string of the molecule is c1ccc(-c2cccc(-c3cccc([Si](c4ccccc4)(c4ccccc4)c4cc(-c5nc(-n6c7ccccc7c7ccccc76)nc(-n6c7ccccc7c7ccccc76)n5)cc([Si](c5ccccc5)(c5ccccc5)c5cccc(-c6cccc(-c7ccccc7)c6)c5)c4)c3)c2)cc1. The Morgan fingerprint density at radius 1 is 0.170 bits per heavy atom. The predicted molar refractivity (Wildman–Crippen MR) is 423 cm³/mol. The Labute approximate surface area is 583 Å². The van der Waals surface area contributed by atoms with Crippen molar-refractivity contribution in [3.63, 3.8) is 0 Å². The van der Waals surface area contributed by atoms with Crippen LogP contribution in [0.2, 0.25) is 0 Å². The van der Waals surface area contributed by atoms with E-state index in [0.717, 1.165) is 71.4 Å². The molecule has 3 heterocycles. The highest BCUT2D eigenvalue weighted by Gasteiger charge is 2.47. The van der Waals surface area contributed by atoms with E-state index in [2.05, 4.69) is 403 Å². The normalized spacial score (nSPS) is 11.8. The molecule has 18 rings (SSSR count). The summed E-state index contributed by atoms with van der Waals surface area (Å²) in [7, 11) is -7.12. The summed E-state index contributed by atoms with van der Waals surface area (Å²) in [6.07, 6.45) is 0. The van der Waals surface area contributed by atoms with Gasteiger partial charge in [0.2, 0.25) is 11.9 Å². The molecule has 0 saturated heterocycles. The fraction of sp³-hybridized carbons (Fsp3) is 0. The molecule has 0 aliphatic rings. The van der Waals surface area contributed by atoms with Crippen LogP contribution >= 0.6 is 0 Å². The molecule has 3 aromatic heterocycles. The van der Waals surface area contributed by atoms with Crippen molar-refractivity contribution in [2.75, 3.05) is 0 Å². The Morgan fingerprint density at radius 3 is 0.740 bits per heavy atom. The van der Waals surface area contributed by atoms with E-state index in [1.54, 1.807) is 0 Å². The van der Waals surface area contributed by atoms with E-state index in [-0.39, 0.29) is 0 Å². The van der Waals surface area contributed by atoms with Crippen LogP contribution in [-0.2, 0) is 0 Å². The van der Waals surface area contributed by atoms with Gasteiger partial charge in [0.1, 0.15) is 0 Å². The van der Waals surface area contributed by atoms with Crippen molar-refractivity contribution in [2.24, 2.45) is 0 Å². The Kier molecular flexibility index (Phi) is 15.2. The van der Waals surface area contributed by atoms with Gasteiger partial charge in [0.05, 0.1) is 22.1 Å². The van der Waals surface area contributed by atoms with Gasteiger partial charge in [0, 0.05) is 27.1 Å². The van der Waals surface area contributed by atoms with Gasteiger partial charge in [-0.2, -0.15) is 15.0 Å². The topological polar surface area (TPSA) is 48.5 Å². The summed E-state index contributed by atoms with van der Waals surface area (Å²) in [5, 5.41) is 14.4. The van der Waals surface area contributed by atoms with Gasteiger partial charge in [-0.05, 0) is 122 Å². The maximum atomic E-state index is 5.93. The van der Waals surface area contributed by atoms with E-state index >= 15 is 0 Å². The van der Waals surface area contributed by atoms with Gasteiger partial charge >= 0.3 is 0 Å². The zero-order valence-corrected chi connectivity index (χ0v) is 56.8. The largest absolute Gasteiger partial charge is 0.278 e. The summed E-state index contributed by atoms with van der Waals surface area (Å²) >= 11 is 0. The molecular weight excluding hydrogens is 1240 g/mol. The second-order valence-corrected chi connectivity index (χ2v) is 33.4. The van der Waals surface area contributed by atoms with Crippen LogP contribution in [0.4, 0.5) is 0 Å². The first-order valence-corrected chi connectivity index (χ1v) is 38.2. The van der Waals surface area contributed by atoms with E-state index in [9.17, 15) is 0 Å². The molecule has 0 saturated carbocycles. The number of benzene rings is 15. The van der Waals surface area contributed by atoms with Gasteiger partial charge in [-0.25, -0.2) is 0 Å². The van der Waals surface area contributed by atoms with Crippen molar-refractivity contribution in [1.82, 2.24) is 24.1 Å². The average Bonchev–Trinajstić information content (AvgIpc) is 0.925. The maximum absolute atomic E-state index is 5.93. The quantitative estimate of drug-likeness (QED) is 0.0759. The van der Waals surface area contributed by atoms with Crippen molar-refractivity contribution in [1.29, 1.82) is 0 Å². The molecule has 0 N–H and O–H groups in total. The van der Waals surface area contributed by atoms with Gasteiger partial charge in [-0.15, -0.1) is 0 Å². The van der Waals surface area contributed by atoms with Gasteiger partial charge in [-0.1, -0.05) is 358 Å². The third kappa shape index (κ3) is 10.3. The number of hydrogen-bond acceptors (Lipinski definition) is 3. The van der Waals surface area contributed by atoms with Crippen molar-refractivity contribution < 1.29 is 0 Å². The number of rotatable bonds is 15. The Balaban J connectivity index is 0.992. The van der Waals surface area contributed by atoms with Crippen molar-refractivity contribution >= 4 is 101 Å². The molecular formula is C93H65N5Si2.